The zero-order chi connectivity index (χ0) is 11.8. The quantitative estimate of drug-likeness (QED) is 0.749. The van der Waals surface area contributed by atoms with Crippen LogP contribution >= 0.6 is 0 Å². The molecule has 0 bridgehead atoms. The molecule has 17 heavy (non-hydrogen) atoms. The van der Waals surface area contributed by atoms with E-state index in [1.54, 1.807) is 6.26 Å². The predicted molar refractivity (Wildman–Crippen MR) is 67.0 cm³/mol. The van der Waals surface area contributed by atoms with Gasteiger partial charge in [-0.1, -0.05) is 0 Å². The molecule has 0 aliphatic carbocycles. The molecule has 0 radical (unpaired) electrons. The molecule has 0 amide bonds. The molecule has 86 valence electrons. The number of rotatable bonds is 1. The van der Waals surface area contributed by atoms with Gasteiger partial charge in [0.15, 0.2) is 5.58 Å². The second kappa shape index (κ2) is 3.81. The number of furan rings is 1. The number of hydrogen-bond acceptors (Lipinski definition) is 3. The minimum atomic E-state index is 0.570. The van der Waals surface area contributed by atoms with E-state index >= 15 is 0 Å². The first-order chi connectivity index (χ1) is 8.31. The zero-order valence-corrected chi connectivity index (χ0v) is 9.81. The zero-order valence-electron chi connectivity index (χ0n) is 9.81. The van der Waals surface area contributed by atoms with E-state index in [0.29, 0.717) is 17.2 Å². The molecule has 1 saturated heterocycles. The molecule has 2 heterocycles. The van der Waals surface area contributed by atoms with E-state index in [4.69, 9.17) is 9.68 Å². The van der Waals surface area contributed by atoms with Crippen LogP contribution < -0.4 is 4.90 Å². The van der Waals surface area contributed by atoms with Crippen LogP contribution in [0.15, 0.2) is 28.9 Å². The molecule has 1 aromatic heterocycles. The lowest BCUT2D eigenvalue weighted by molar-refractivity contribution is 0.614. The summed E-state index contributed by atoms with van der Waals surface area (Å²) in [7, 11) is 0. The Morgan fingerprint density at radius 1 is 1.41 bits per heavy atom. The maximum Gasteiger partial charge on any atom is 0.153 e. The van der Waals surface area contributed by atoms with Gasteiger partial charge < -0.3 is 9.32 Å². The molecule has 2 aromatic rings. The van der Waals surface area contributed by atoms with Gasteiger partial charge in [0.1, 0.15) is 6.07 Å². The Labute approximate surface area is 100 Å². The minimum absolute atomic E-state index is 0.570. The number of fused-ring (bicyclic) bond motifs is 1. The number of anilines is 1. The van der Waals surface area contributed by atoms with Crippen LogP contribution in [-0.2, 0) is 0 Å². The van der Waals surface area contributed by atoms with Crippen LogP contribution in [0, 0.1) is 11.3 Å². The normalized spacial score (nSPS) is 19.8. The molecule has 1 aliphatic heterocycles. The number of nitriles is 1. The summed E-state index contributed by atoms with van der Waals surface area (Å²) in [6.07, 6.45) is 4.13. The third-order valence-electron chi connectivity index (χ3n) is 3.58. The van der Waals surface area contributed by atoms with Crippen molar-refractivity contribution in [3.63, 3.8) is 0 Å². The Bertz CT molecular complexity index is 594. The van der Waals surface area contributed by atoms with Crippen molar-refractivity contribution in [2.45, 2.75) is 25.8 Å². The monoisotopic (exact) mass is 226 g/mol. The van der Waals surface area contributed by atoms with Crippen molar-refractivity contribution < 1.29 is 4.42 Å². The Morgan fingerprint density at radius 2 is 2.29 bits per heavy atom. The molecule has 3 nitrogen and oxygen atoms in total. The maximum absolute atomic E-state index is 9.04. The van der Waals surface area contributed by atoms with E-state index in [1.165, 1.54) is 18.5 Å². The highest BCUT2D eigenvalue weighted by Gasteiger charge is 2.23. The smallest absolute Gasteiger partial charge is 0.153 e. The van der Waals surface area contributed by atoms with Gasteiger partial charge in [0.05, 0.1) is 11.8 Å². The second-order valence-corrected chi connectivity index (χ2v) is 4.59. The molecule has 1 aromatic carbocycles. The third-order valence-corrected chi connectivity index (χ3v) is 3.58. The lowest BCUT2D eigenvalue weighted by atomic mass is 10.1. The fourth-order valence-corrected chi connectivity index (χ4v) is 2.68. The van der Waals surface area contributed by atoms with Crippen LogP contribution in [0.4, 0.5) is 5.69 Å². The summed E-state index contributed by atoms with van der Waals surface area (Å²) in [6.45, 7) is 3.34. The van der Waals surface area contributed by atoms with Crippen molar-refractivity contribution in [3.8, 4) is 6.07 Å². The van der Waals surface area contributed by atoms with Crippen LogP contribution in [0.3, 0.4) is 0 Å². The van der Waals surface area contributed by atoms with Crippen LogP contribution in [-0.4, -0.2) is 12.6 Å². The molecule has 3 heteroatoms. The Kier molecular flexibility index (Phi) is 2.29. The lowest BCUT2D eigenvalue weighted by Crippen LogP contribution is -2.26. The Hall–Kier alpha value is -1.95. The summed E-state index contributed by atoms with van der Waals surface area (Å²) in [6, 6.07) is 8.59. The molecule has 1 aliphatic rings. The molecule has 0 spiro atoms. The fourth-order valence-electron chi connectivity index (χ4n) is 2.68. The van der Waals surface area contributed by atoms with E-state index < -0.39 is 0 Å². The van der Waals surface area contributed by atoms with Crippen molar-refractivity contribution in [2.24, 2.45) is 0 Å². The van der Waals surface area contributed by atoms with Crippen LogP contribution in [0.2, 0.25) is 0 Å². The highest BCUT2D eigenvalue weighted by atomic mass is 16.3. The van der Waals surface area contributed by atoms with Gasteiger partial charge in [0, 0.05) is 23.7 Å². The Balaban J connectivity index is 2.18. The van der Waals surface area contributed by atoms with Gasteiger partial charge in [-0.15, -0.1) is 0 Å². The number of nitrogens with zero attached hydrogens (tertiary/aromatic N) is 2. The topological polar surface area (TPSA) is 40.2 Å². The van der Waals surface area contributed by atoms with E-state index in [-0.39, 0.29) is 0 Å². The predicted octanol–water partition coefficient (Wildman–Crippen LogP) is 3.29. The highest BCUT2D eigenvalue weighted by Crippen LogP contribution is 2.34. The Morgan fingerprint density at radius 3 is 3.00 bits per heavy atom. The summed E-state index contributed by atoms with van der Waals surface area (Å²) in [4.78, 5) is 2.40. The van der Waals surface area contributed by atoms with E-state index in [1.807, 2.05) is 18.2 Å². The minimum Gasteiger partial charge on any atom is -0.463 e. The molecule has 1 atom stereocenters. The molecular weight excluding hydrogens is 212 g/mol. The van der Waals surface area contributed by atoms with Gasteiger partial charge in [-0.05, 0) is 38.0 Å². The summed E-state index contributed by atoms with van der Waals surface area (Å²) in [5.41, 5.74) is 2.52. The first-order valence-electron chi connectivity index (χ1n) is 5.98. The third kappa shape index (κ3) is 1.49. The summed E-state index contributed by atoms with van der Waals surface area (Å²) >= 11 is 0. The average molecular weight is 226 g/mol. The largest absolute Gasteiger partial charge is 0.463 e. The van der Waals surface area contributed by atoms with Crippen molar-refractivity contribution >= 4 is 16.7 Å². The van der Waals surface area contributed by atoms with E-state index in [0.717, 1.165) is 11.9 Å². The van der Waals surface area contributed by atoms with Gasteiger partial charge in [0.2, 0.25) is 0 Å². The molecule has 0 N–H and O–H groups in total. The number of benzene rings is 1. The van der Waals surface area contributed by atoms with Crippen molar-refractivity contribution in [1.82, 2.24) is 0 Å². The van der Waals surface area contributed by atoms with E-state index in [9.17, 15) is 0 Å². The SMILES string of the molecule is CC1CCCN1c1ccc(C#N)c2occc12. The van der Waals surface area contributed by atoms with E-state index in [2.05, 4.69) is 17.9 Å². The fraction of sp³-hybridized carbons (Fsp3) is 0.357. The standard InChI is InChI=1S/C14H14N2O/c1-10-3-2-7-16(10)13-5-4-11(9-15)14-12(13)6-8-17-14/h4-6,8,10H,2-3,7H2,1H3. The maximum atomic E-state index is 9.04. The first kappa shape index (κ1) is 10.2. The average Bonchev–Trinajstić information content (AvgIpc) is 2.96. The van der Waals surface area contributed by atoms with Crippen molar-refractivity contribution in [3.05, 3.63) is 30.0 Å². The molecule has 1 fully saturated rings. The molecule has 0 saturated carbocycles. The van der Waals surface area contributed by atoms with Crippen molar-refractivity contribution in [2.75, 3.05) is 11.4 Å². The highest BCUT2D eigenvalue weighted by molar-refractivity contribution is 5.94. The molecular formula is C14H14N2O. The van der Waals surface area contributed by atoms with Gasteiger partial charge in [-0.25, -0.2) is 0 Å². The van der Waals surface area contributed by atoms with Gasteiger partial charge >= 0.3 is 0 Å². The molecule has 3 rings (SSSR count). The lowest BCUT2D eigenvalue weighted by Gasteiger charge is -2.24. The van der Waals surface area contributed by atoms with Crippen LogP contribution in [0.25, 0.3) is 11.0 Å². The van der Waals surface area contributed by atoms with Crippen LogP contribution in [0.1, 0.15) is 25.3 Å². The number of hydrogen-bond donors (Lipinski definition) is 0. The summed E-state index contributed by atoms with van der Waals surface area (Å²) in [5, 5.41) is 10.1. The molecule has 1 unspecified atom stereocenters. The first-order valence-corrected chi connectivity index (χ1v) is 5.98. The second-order valence-electron chi connectivity index (χ2n) is 4.59. The summed E-state index contributed by atoms with van der Waals surface area (Å²) in [5.74, 6) is 0. The summed E-state index contributed by atoms with van der Waals surface area (Å²) < 4.78 is 5.43. The van der Waals surface area contributed by atoms with Crippen molar-refractivity contribution in [1.29, 1.82) is 5.26 Å². The van der Waals surface area contributed by atoms with Gasteiger partial charge in [0.25, 0.3) is 0 Å². The van der Waals surface area contributed by atoms with Gasteiger partial charge in [-0.3, -0.25) is 0 Å². The van der Waals surface area contributed by atoms with Gasteiger partial charge in [-0.2, -0.15) is 5.26 Å². The van der Waals surface area contributed by atoms with Crippen LogP contribution in [0.5, 0.6) is 0 Å².